The number of hydrogen-bond donors (Lipinski definition) is 1. The van der Waals surface area contributed by atoms with E-state index in [2.05, 4.69) is 0 Å². The number of halogens is 2. The van der Waals surface area contributed by atoms with Crippen LogP contribution in [-0.2, 0) is 9.59 Å². The molecule has 1 aliphatic rings. The Kier molecular flexibility index (Phi) is 5.91. The summed E-state index contributed by atoms with van der Waals surface area (Å²) in [6, 6.07) is 4.68. The molecular weight excluding hydrogens is 327 g/mol. The second-order valence-electron chi connectivity index (χ2n) is 5.27. The van der Waals surface area contributed by atoms with Crippen molar-refractivity contribution in [2.75, 3.05) is 13.2 Å². The fourth-order valence-electron chi connectivity index (χ4n) is 2.59. The molecule has 0 radical (unpaired) electrons. The van der Waals surface area contributed by atoms with Gasteiger partial charge in [-0.25, -0.2) is 0 Å². The standard InChI is InChI=1S/C15H18Cl2N2O3/c16-10-4-5-13(12(17)7-10)22-9-15(21)19-6-2-1-3-11(19)8-14(18)20/h4-5,7,11H,1-3,6,8-9H2,(H2,18,20). The maximum absolute atomic E-state index is 12.3. The molecular formula is C15H18Cl2N2O3. The highest BCUT2D eigenvalue weighted by molar-refractivity contribution is 6.35. The first-order chi connectivity index (χ1) is 10.5. The van der Waals surface area contributed by atoms with Crippen molar-refractivity contribution in [2.45, 2.75) is 31.7 Å². The predicted octanol–water partition coefficient (Wildman–Crippen LogP) is 2.63. The van der Waals surface area contributed by atoms with Crippen LogP contribution in [0.3, 0.4) is 0 Å². The van der Waals surface area contributed by atoms with Gasteiger partial charge in [0.25, 0.3) is 5.91 Å². The van der Waals surface area contributed by atoms with Gasteiger partial charge in [0, 0.05) is 24.0 Å². The molecule has 1 unspecified atom stereocenters. The largest absolute Gasteiger partial charge is 0.482 e. The van der Waals surface area contributed by atoms with E-state index in [0.29, 0.717) is 22.3 Å². The Labute approximate surface area is 139 Å². The van der Waals surface area contributed by atoms with Crippen molar-refractivity contribution in [3.05, 3.63) is 28.2 Å². The van der Waals surface area contributed by atoms with E-state index in [1.54, 1.807) is 23.1 Å². The van der Waals surface area contributed by atoms with Crippen LogP contribution in [0.5, 0.6) is 5.75 Å². The molecule has 1 aromatic rings. The number of ether oxygens (including phenoxy) is 1. The summed E-state index contributed by atoms with van der Waals surface area (Å²) < 4.78 is 5.46. The third-order valence-electron chi connectivity index (χ3n) is 3.63. The Bertz CT molecular complexity index is 566. The molecule has 2 amide bonds. The summed E-state index contributed by atoms with van der Waals surface area (Å²) in [5.74, 6) is -0.161. The Morgan fingerprint density at radius 3 is 2.77 bits per heavy atom. The number of carbonyl (C=O) groups excluding carboxylic acids is 2. The monoisotopic (exact) mass is 344 g/mol. The smallest absolute Gasteiger partial charge is 0.260 e. The van der Waals surface area contributed by atoms with Crippen LogP contribution in [0.15, 0.2) is 18.2 Å². The van der Waals surface area contributed by atoms with Crippen molar-refractivity contribution in [3.8, 4) is 5.75 Å². The molecule has 1 aromatic carbocycles. The van der Waals surface area contributed by atoms with Gasteiger partial charge in [-0.3, -0.25) is 9.59 Å². The first-order valence-electron chi connectivity index (χ1n) is 7.13. The lowest BCUT2D eigenvalue weighted by Gasteiger charge is -2.35. The van der Waals surface area contributed by atoms with Gasteiger partial charge in [-0.15, -0.1) is 0 Å². The number of likely N-dealkylation sites (tertiary alicyclic amines) is 1. The van der Waals surface area contributed by atoms with Gasteiger partial charge in [-0.2, -0.15) is 0 Å². The average molecular weight is 345 g/mol. The first kappa shape index (κ1) is 16.9. The van der Waals surface area contributed by atoms with Crippen molar-refractivity contribution in [3.63, 3.8) is 0 Å². The summed E-state index contributed by atoms with van der Waals surface area (Å²) in [5.41, 5.74) is 5.25. The van der Waals surface area contributed by atoms with E-state index in [9.17, 15) is 9.59 Å². The quantitative estimate of drug-likeness (QED) is 0.892. The van der Waals surface area contributed by atoms with E-state index in [1.807, 2.05) is 0 Å². The van der Waals surface area contributed by atoms with Crippen LogP contribution in [0.25, 0.3) is 0 Å². The number of nitrogens with zero attached hydrogens (tertiary/aromatic N) is 1. The van der Waals surface area contributed by atoms with Crippen LogP contribution in [0.4, 0.5) is 0 Å². The molecule has 2 rings (SSSR count). The van der Waals surface area contributed by atoms with Crippen LogP contribution in [0.1, 0.15) is 25.7 Å². The summed E-state index contributed by atoms with van der Waals surface area (Å²) in [4.78, 5) is 25.1. The highest BCUT2D eigenvalue weighted by Gasteiger charge is 2.28. The normalized spacial score (nSPS) is 18.1. The van der Waals surface area contributed by atoms with Crippen molar-refractivity contribution in [2.24, 2.45) is 5.73 Å². The molecule has 1 fully saturated rings. The predicted molar refractivity (Wildman–Crippen MR) is 85.1 cm³/mol. The van der Waals surface area contributed by atoms with Gasteiger partial charge in [0.2, 0.25) is 5.91 Å². The summed E-state index contributed by atoms with van der Waals surface area (Å²) >= 11 is 11.8. The maximum atomic E-state index is 12.3. The van der Waals surface area contributed by atoms with E-state index in [1.165, 1.54) is 0 Å². The van der Waals surface area contributed by atoms with Crippen molar-refractivity contribution in [1.82, 2.24) is 4.90 Å². The lowest BCUT2D eigenvalue weighted by molar-refractivity contribution is -0.138. The molecule has 1 heterocycles. The Hall–Kier alpha value is -1.46. The number of piperidine rings is 1. The SMILES string of the molecule is NC(=O)CC1CCCCN1C(=O)COc1ccc(Cl)cc1Cl. The third-order valence-corrected chi connectivity index (χ3v) is 4.16. The third kappa shape index (κ3) is 4.52. The zero-order valence-electron chi connectivity index (χ0n) is 12.1. The lowest BCUT2D eigenvalue weighted by atomic mass is 9.99. The van der Waals surface area contributed by atoms with Gasteiger partial charge in [0.1, 0.15) is 5.75 Å². The van der Waals surface area contributed by atoms with E-state index in [0.717, 1.165) is 19.3 Å². The zero-order valence-corrected chi connectivity index (χ0v) is 13.6. The van der Waals surface area contributed by atoms with Gasteiger partial charge >= 0.3 is 0 Å². The molecule has 22 heavy (non-hydrogen) atoms. The minimum absolute atomic E-state index is 0.128. The van der Waals surface area contributed by atoms with Crippen molar-refractivity contribution in [1.29, 1.82) is 0 Å². The molecule has 0 bridgehead atoms. The van der Waals surface area contributed by atoms with Gasteiger partial charge in [0.05, 0.1) is 5.02 Å². The number of amides is 2. The number of carbonyl (C=O) groups is 2. The molecule has 1 saturated heterocycles. The number of hydrogen-bond acceptors (Lipinski definition) is 3. The van der Waals surface area contributed by atoms with Gasteiger partial charge in [-0.05, 0) is 37.5 Å². The molecule has 0 spiro atoms. The molecule has 0 aliphatic carbocycles. The van der Waals surface area contributed by atoms with Crippen LogP contribution in [-0.4, -0.2) is 35.9 Å². The Balaban J connectivity index is 1.96. The highest BCUT2D eigenvalue weighted by Crippen LogP contribution is 2.27. The Morgan fingerprint density at radius 1 is 1.32 bits per heavy atom. The van der Waals surface area contributed by atoms with Crippen LogP contribution >= 0.6 is 23.2 Å². The molecule has 1 aliphatic heterocycles. The van der Waals surface area contributed by atoms with Gasteiger partial charge in [0.15, 0.2) is 6.61 Å². The average Bonchev–Trinajstić information content (AvgIpc) is 2.46. The summed E-state index contributed by atoms with van der Waals surface area (Å²) in [6.07, 6.45) is 2.89. The fourth-order valence-corrected chi connectivity index (χ4v) is 3.05. The van der Waals surface area contributed by atoms with Gasteiger partial charge in [-0.1, -0.05) is 23.2 Å². The maximum Gasteiger partial charge on any atom is 0.260 e. The van der Waals surface area contributed by atoms with Crippen LogP contribution < -0.4 is 10.5 Å². The van der Waals surface area contributed by atoms with E-state index < -0.39 is 5.91 Å². The number of benzene rings is 1. The first-order valence-corrected chi connectivity index (χ1v) is 7.88. The molecule has 7 heteroatoms. The van der Waals surface area contributed by atoms with Crippen LogP contribution in [0.2, 0.25) is 10.0 Å². The molecule has 0 aromatic heterocycles. The summed E-state index contributed by atoms with van der Waals surface area (Å²) in [6.45, 7) is 0.491. The molecule has 120 valence electrons. The minimum Gasteiger partial charge on any atom is -0.482 e. The topological polar surface area (TPSA) is 72.6 Å². The second-order valence-corrected chi connectivity index (χ2v) is 6.11. The van der Waals surface area contributed by atoms with Gasteiger partial charge < -0.3 is 15.4 Å². The summed E-state index contributed by atoms with van der Waals surface area (Å²) in [7, 11) is 0. The zero-order chi connectivity index (χ0) is 16.1. The lowest BCUT2D eigenvalue weighted by Crippen LogP contribution is -2.47. The van der Waals surface area contributed by atoms with E-state index >= 15 is 0 Å². The highest BCUT2D eigenvalue weighted by atomic mass is 35.5. The molecule has 5 nitrogen and oxygen atoms in total. The number of primary amides is 1. The van der Waals surface area contributed by atoms with Crippen molar-refractivity contribution < 1.29 is 14.3 Å². The number of nitrogens with two attached hydrogens (primary N) is 1. The van der Waals surface area contributed by atoms with E-state index in [4.69, 9.17) is 33.7 Å². The van der Waals surface area contributed by atoms with Crippen LogP contribution in [0, 0.1) is 0 Å². The molecule has 2 N–H and O–H groups in total. The minimum atomic E-state index is -0.397. The fraction of sp³-hybridized carbons (Fsp3) is 0.467. The molecule has 1 atom stereocenters. The second kappa shape index (κ2) is 7.70. The van der Waals surface area contributed by atoms with Crippen molar-refractivity contribution >= 4 is 35.0 Å². The summed E-state index contributed by atoms with van der Waals surface area (Å²) in [5, 5.41) is 0.855. The number of rotatable bonds is 5. The molecule has 0 saturated carbocycles. The van der Waals surface area contributed by atoms with E-state index in [-0.39, 0.29) is 25.0 Å². The Morgan fingerprint density at radius 2 is 2.09 bits per heavy atom.